The average molecular weight is 305 g/mol. The number of hydrogen-bond acceptors (Lipinski definition) is 6. The van der Waals surface area contributed by atoms with E-state index < -0.39 is 5.97 Å². The normalized spacial score (nSPS) is 12.1. The first kappa shape index (κ1) is 15.9. The number of nitrogens with zero attached hydrogens (tertiary/aromatic N) is 4. The number of aromatic nitrogens is 4. The van der Waals surface area contributed by atoms with Crippen molar-refractivity contribution in [3.05, 3.63) is 23.8 Å². The van der Waals surface area contributed by atoms with E-state index in [1.54, 1.807) is 12.3 Å². The Bertz CT molecular complexity index is 682. The summed E-state index contributed by atoms with van der Waals surface area (Å²) in [6.45, 7) is 5.41. The standard InChI is InChI=1S/C14H19N5O3/c1-4-5-9(2)16-11(20)8-22-13(21)12-17-14-15-7-6-10(3)19(14)18-12/h6-7,9H,4-5,8H2,1-3H3,(H,16,20). The lowest BCUT2D eigenvalue weighted by molar-refractivity contribution is -0.124. The molecule has 0 aliphatic heterocycles. The predicted octanol–water partition coefficient (Wildman–Crippen LogP) is 0.894. The van der Waals surface area contributed by atoms with E-state index in [4.69, 9.17) is 4.74 Å². The van der Waals surface area contributed by atoms with Crippen LogP contribution >= 0.6 is 0 Å². The van der Waals surface area contributed by atoms with Gasteiger partial charge in [0.2, 0.25) is 0 Å². The van der Waals surface area contributed by atoms with Gasteiger partial charge in [0.25, 0.3) is 17.5 Å². The highest BCUT2D eigenvalue weighted by Crippen LogP contribution is 2.03. The zero-order valence-electron chi connectivity index (χ0n) is 12.9. The molecule has 1 atom stereocenters. The van der Waals surface area contributed by atoms with Gasteiger partial charge in [-0.05, 0) is 26.3 Å². The molecule has 8 heteroatoms. The average Bonchev–Trinajstić information content (AvgIpc) is 2.90. The van der Waals surface area contributed by atoms with Gasteiger partial charge in [0.05, 0.1) is 0 Å². The predicted molar refractivity (Wildman–Crippen MR) is 78.3 cm³/mol. The van der Waals surface area contributed by atoms with Crippen molar-refractivity contribution in [1.82, 2.24) is 24.9 Å². The Morgan fingerprint density at radius 1 is 1.45 bits per heavy atom. The minimum Gasteiger partial charge on any atom is -0.450 e. The summed E-state index contributed by atoms with van der Waals surface area (Å²) in [7, 11) is 0. The third-order valence-electron chi connectivity index (χ3n) is 3.08. The Hall–Kier alpha value is -2.51. The van der Waals surface area contributed by atoms with E-state index in [-0.39, 0.29) is 24.4 Å². The number of amides is 1. The van der Waals surface area contributed by atoms with Crippen LogP contribution in [-0.2, 0) is 9.53 Å². The van der Waals surface area contributed by atoms with Crippen LogP contribution in [-0.4, -0.2) is 44.1 Å². The molecule has 22 heavy (non-hydrogen) atoms. The maximum atomic E-state index is 11.9. The van der Waals surface area contributed by atoms with Crippen molar-refractivity contribution in [3.8, 4) is 0 Å². The molecule has 0 aliphatic rings. The lowest BCUT2D eigenvalue weighted by Crippen LogP contribution is -2.35. The van der Waals surface area contributed by atoms with Crippen molar-refractivity contribution in [2.45, 2.75) is 39.7 Å². The largest absolute Gasteiger partial charge is 0.450 e. The van der Waals surface area contributed by atoms with Gasteiger partial charge >= 0.3 is 5.97 Å². The second-order valence-corrected chi connectivity index (χ2v) is 5.07. The van der Waals surface area contributed by atoms with Crippen molar-refractivity contribution in [3.63, 3.8) is 0 Å². The SMILES string of the molecule is CCCC(C)NC(=O)COC(=O)c1nc2nccc(C)n2n1. The number of carbonyl (C=O) groups is 2. The highest BCUT2D eigenvalue weighted by atomic mass is 16.5. The molecule has 2 aromatic heterocycles. The van der Waals surface area contributed by atoms with E-state index in [1.165, 1.54) is 4.52 Å². The van der Waals surface area contributed by atoms with Gasteiger partial charge in [-0.15, -0.1) is 5.10 Å². The molecule has 2 heterocycles. The molecule has 0 spiro atoms. The molecule has 0 aliphatic carbocycles. The van der Waals surface area contributed by atoms with Gasteiger partial charge in [-0.25, -0.2) is 14.3 Å². The fourth-order valence-corrected chi connectivity index (χ4v) is 2.01. The Kier molecular flexibility index (Phi) is 5.03. The van der Waals surface area contributed by atoms with E-state index >= 15 is 0 Å². The molecule has 8 nitrogen and oxygen atoms in total. The van der Waals surface area contributed by atoms with Crippen molar-refractivity contribution >= 4 is 17.7 Å². The summed E-state index contributed by atoms with van der Waals surface area (Å²) < 4.78 is 6.37. The summed E-state index contributed by atoms with van der Waals surface area (Å²) in [5, 5.41) is 6.77. The highest BCUT2D eigenvalue weighted by molar-refractivity contribution is 5.88. The summed E-state index contributed by atoms with van der Waals surface area (Å²) in [4.78, 5) is 31.5. The summed E-state index contributed by atoms with van der Waals surface area (Å²) in [5.41, 5.74) is 0.794. The molecule has 1 N–H and O–H groups in total. The van der Waals surface area contributed by atoms with Gasteiger partial charge in [0.15, 0.2) is 6.61 Å². The summed E-state index contributed by atoms with van der Waals surface area (Å²) in [6.07, 6.45) is 3.43. The second-order valence-electron chi connectivity index (χ2n) is 5.07. The first-order valence-electron chi connectivity index (χ1n) is 7.16. The maximum absolute atomic E-state index is 11.9. The van der Waals surface area contributed by atoms with Crippen LogP contribution in [0.3, 0.4) is 0 Å². The lowest BCUT2D eigenvalue weighted by atomic mass is 10.2. The highest BCUT2D eigenvalue weighted by Gasteiger charge is 2.17. The minimum atomic E-state index is -0.747. The quantitative estimate of drug-likeness (QED) is 0.796. The molecular formula is C14H19N5O3. The fourth-order valence-electron chi connectivity index (χ4n) is 2.01. The molecule has 0 aromatic carbocycles. The van der Waals surface area contributed by atoms with Crippen LogP contribution in [0.25, 0.3) is 5.78 Å². The van der Waals surface area contributed by atoms with Crippen LogP contribution in [0.1, 0.15) is 43.0 Å². The number of rotatable bonds is 6. The molecule has 0 fully saturated rings. The van der Waals surface area contributed by atoms with Gasteiger partial charge in [0, 0.05) is 17.9 Å². The molecule has 1 unspecified atom stereocenters. The number of carbonyl (C=O) groups excluding carboxylic acids is 2. The molecule has 2 rings (SSSR count). The van der Waals surface area contributed by atoms with E-state index in [0.29, 0.717) is 5.78 Å². The summed E-state index contributed by atoms with van der Waals surface area (Å²) in [5.74, 6) is -0.889. The number of esters is 1. The van der Waals surface area contributed by atoms with Crippen molar-refractivity contribution in [2.24, 2.45) is 0 Å². The van der Waals surface area contributed by atoms with Crippen LogP contribution in [0.2, 0.25) is 0 Å². The van der Waals surface area contributed by atoms with Gasteiger partial charge in [-0.3, -0.25) is 4.79 Å². The third kappa shape index (κ3) is 3.78. The number of nitrogens with one attached hydrogen (secondary N) is 1. The molecule has 0 radical (unpaired) electrons. The molecule has 0 saturated carbocycles. The Morgan fingerprint density at radius 3 is 2.91 bits per heavy atom. The molecular weight excluding hydrogens is 286 g/mol. The van der Waals surface area contributed by atoms with Crippen molar-refractivity contribution < 1.29 is 14.3 Å². The minimum absolute atomic E-state index is 0.0522. The van der Waals surface area contributed by atoms with Gasteiger partial charge in [-0.2, -0.15) is 4.98 Å². The van der Waals surface area contributed by atoms with Gasteiger partial charge in [0.1, 0.15) is 0 Å². The van der Waals surface area contributed by atoms with Crippen molar-refractivity contribution in [2.75, 3.05) is 6.61 Å². The van der Waals surface area contributed by atoms with Crippen LogP contribution in [0.15, 0.2) is 12.3 Å². The second kappa shape index (κ2) is 6.97. The van der Waals surface area contributed by atoms with E-state index in [2.05, 4.69) is 20.4 Å². The fraction of sp³-hybridized carbons (Fsp3) is 0.500. The molecule has 1 amide bonds. The number of aryl methyl sites for hydroxylation is 1. The van der Waals surface area contributed by atoms with Crippen LogP contribution in [0, 0.1) is 6.92 Å². The molecule has 0 saturated heterocycles. The van der Waals surface area contributed by atoms with E-state index in [1.807, 2.05) is 20.8 Å². The number of hydrogen-bond donors (Lipinski definition) is 1. The molecule has 118 valence electrons. The lowest BCUT2D eigenvalue weighted by Gasteiger charge is -2.12. The van der Waals surface area contributed by atoms with Gasteiger partial charge < -0.3 is 10.1 Å². The van der Waals surface area contributed by atoms with Crippen LogP contribution in [0.4, 0.5) is 0 Å². The number of ether oxygens (including phenoxy) is 1. The summed E-state index contributed by atoms with van der Waals surface area (Å²) in [6, 6.07) is 1.80. The maximum Gasteiger partial charge on any atom is 0.378 e. The zero-order chi connectivity index (χ0) is 16.1. The van der Waals surface area contributed by atoms with Gasteiger partial charge in [-0.1, -0.05) is 13.3 Å². The van der Waals surface area contributed by atoms with E-state index in [9.17, 15) is 9.59 Å². The van der Waals surface area contributed by atoms with Crippen LogP contribution < -0.4 is 5.32 Å². The number of fused-ring (bicyclic) bond motifs is 1. The van der Waals surface area contributed by atoms with Crippen molar-refractivity contribution in [1.29, 1.82) is 0 Å². The van der Waals surface area contributed by atoms with E-state index in [0.717, 1.165) is 18.5 Å². The first-order chi connectivity index (χ1) is 10.5. The molecule has 0 bridgehead atoms. The molecule has 2 aromatic rings. The zero-order valence-corrected chi connectivity index (χ0v) is 12.9. The summed E-state index contributed by atoms with van der Waals surface area (Å²) >= 11 is 0. The Balaban J connectivity index is 1.94. The third-order valence-corrected chi connectivity index (χ3v) is 3.08. The van der Waals surface area contributed by atoms with Crippen LogP contribution in [0.5, 0.6) is 0 Å². The Labute approximate surface area is 127 Å². The Morgan fingerprint density at radius 2 is 2.23 bits per heavy atom. The topological polar surface area (TPSA) is 98.5 Å². The first-order valence-corrected chi connectivity index (χ1v) is 7.16. The monoisotopic (exact) mass is 305 g/mol. The smallest absolute Gasteiger partial charge is 0.378 e.